The number of hydrogen-bond acceptors (Lipinski definition) is 6. The molecule has 1 aliphatic rings. The van der Waals surface area contributed by atoms with Crippen molar-refractivity contribution in [2.45, 2.75) is 0 Å². The van der Waals surface area contributed by atoms with Crippen LogP contribution in [0, 0.1) is 11.3 Å². The average Bonchev–Trinajstić information content (AvgIpc) is 2.90. The summed E-state index contributed by atoms with van der Waals surface area (Å²) in [7, 11) is 3.08. The van der Waals surface area contributed by atoms with Crippen molar-refractivity contribution >= 4 is 27.9 Å². The van der Waals surface area contributed by atoms with E-state index in [2.05, 4.69) is 15.8 Å². The highest BCUT2D eigenvalue weighted by Crippen LogP contribution is 2.37. The largest absolute Gasteiger partial charge is 0.493 e. The first-order valence-electron chi connectivity index (χ1n) is 7.74. The van der Waals surface area contributed by atoms with Gasteiger partial charge in [-0.1, -0.05) is 0 Å². The minimum absolute atomic E-state index is 0.367. The third kappa shape index (κ3) is 3.76. The Bertz CT molecular complexity index is 1040. The van der Waals surface area contributed by atoms with Gasteiger partial charge < -0.3 is 14.4 Å². The van der Waals surface area contributed by atoms with Gasteiger partial charge in [0.25, 0.3) is 11.3 Å². The molecule has 0 saturated heterocycles. The summed E-state index contributed by atoms with van der Waals surface area (Å²) in [5, 5.41) is 10.3. The molecule has 0 amide bonds. The number of pyridine rings is 1. The van der Waals surface area contributed by atoms with Gasteiger partial charge in [0.2, 0.25) is 0 Å². The number of nitrogens with one attached hydrogen (secondary N) is 1. The number of ether oxygens (including phenoxy) is 2. The summed E-state index contributed by atoms with van der Waals surface area (Å²) in [6.45, 7) is 0. The van der Waals surface area contributed by atoms with Gasteiger partial charge in [-0.3, -0.25) is 14.3 Å². The molecule has 0 radical (unpaired) electrons. The van der Waals surface area contributed by atoms with Gasteiger partial charge in [-0.15, -0.1) is 0 Å². The molecule has 0 bridgehead atoms. The predicted molar refractivity (Wildman–Crippen MR) is 102 cm³/mol. The highest BCUT2D eigenvalue weighted by atomic mass is 32.2. The summed E-state index contributed by atoms with van der Waals surface area (Å²) in [4.78, 5) is 6.07. The van der Waals surface area contributed by atoms with Crippen LogP contribution in [-0.4, -0.2) is 28.0 Å². The number of rotatable bonds is 5. The number of benzene rings is 1. The second-order valence-electron chi connectivity index (χ2n) is 5.39. The lowest BCUT2D eigenvalue weighted by Crippen LogP contribution is -2.14. The molecule has 0 spiro atoms. The normalized spacial score (nSPS) is 14.3. The zero-order chi connectivity index (χ0) is 19.4. The standard InChI is InChI=1S/C18H16N4O4S/c1-25-16-8-14-15(9-17(16)26-2)20-11-12(10-19)18(14)22-6-3-4-13(5-7-22)21-27(23)24/h3-9,11,21H,1-2H3,(H,23,24). The molecule has 27 heavy (non-hydrogen) atoms. The Balaban J connectivity index is 2.16. The molecule has 2 aromatic rings. The maximum absolute atomic E-state index is 10.9. The van der Waals surface area contributed by atoms with E-state index in [1.807, 2.05) is 0 Å². The van der Waals surface area contributed by atoms with Crippen LogP contribution in [0.2, 0.25) is 0 Å². The lowest BCUT2D eigenvalue weighted by Gasteiger charge is -2.20. The summed E-state index contributed by atoms with van der Waals surface area (Å²) < 4.78 is 33.0. The molecule has 3 rings (SSSR count). The van der Waals surface area contributed by atoms with E-state index in [4.69, 9.17) is 14.0 Å². The first-order chi connectivity index (χ1) is 13.1. The summed E-state index contributed by atoms with van der Waals surface area (Å²) in [6.07, 6.45) is 9.88. The monoisotopic (exact) mass is 384 g/mol. The van der Waals surface area contributed by atoms with E-state index in [0.717, 1.165) is 0 Å². The molecule has 1 aromatic heterocycles. The van der Waals surface area contributed by atoms with Crippen LogP contribution in [0.5, 0.6) is 11.5 Å². The van der Waals surface area contributed by atoms with E-state index in [1.165, 1.54) is 13.3 Å². The molecule has 0 fully saturated rings. The molecule has 2 N–H and O–H groups in total. The van der Waals surface area contributed by atoms with Crippen LogP contribution in [0.4, 0.5) is 5.69 Å². The molecule has 1 aliphatic heterocycles. The van der Waals surface area contributed by atoms with Crippen LogP contribution in [-0.2, 0) is 11.3 Å². The molecular formula is C18H16N4O4S. The summed E-state index contributed by atoms with van der Waals surface area (Å²) in [5.41, 5.74) is 2.06. The Kier molecular flexibility index (Phi) is 5.40. The fourth-order valence-electron chi connectivity index (χ4n) is 2.69. The van der Waals surface area contributed by atoms with Crippen molar-refractivity contribution < 1.29 is 18.2 Å². The number of hydrogen-bond donors (Lipinski definition) is 2. The summed E-state index contributed by atoms with van der Waals surface area (Å²) in [5.74, 6) is 1.05. The SMILES string of the molecule is COc1cc2ncc(C#N)c(N3C=CC=C(NS(=O)O)C=C3)c2cc1OC. The minimum atomic E-state index is -2.18. The van der Waals surface area contributed by atoms with Crippen LogP contribution < -0.4 is 19.1 Å². The third-order valence-corrected chi connectivity index (χ3v) is 4.28. The smallest absolute Gasteiger partial charge is 0.259 e. The number of fused-ring (bicyclic) bond motifs is 1. The molecule has 1 unspecified atom stereocenters. The molecule has 0 aliphatic carbocycles. The maximum Gasteiger partial charge on any atom is 0.259 e. The second kappa shape index (κ2) is 7.90. The van der Waals surface area contributed by atoms with Gasteiger partial charge >= 0.3 is 0 Å². The lowest BCUT2D eigenvalue weighted by molar-refractivity contribution is 0.356. The lowest BCUT2D eigenvalue weighted by atomic mass is 10.1. The van der Waals surface area contributed by atoms with Crippen molar-refractivity contribution in [2.24, 2.45) is 0 Å². The van der Waals surface area contributed by atoms with Crippen molar-refractivity contribution in [2.75, 3.05) is 19.1 Å². The third-order valence-electron chi connectivity index (χ3n) is 3.87. The number of anilines is 1. The number of aromatic nitrogens is 1. The molecule has 8 nitrogen and oxygen atoms in total. The fraction of sp³-hybridized carbons (Fsp3) is 0.111. The number of allylic oxidation sites excluding steroid dienone is 3. The molecule has 138 valence electrons. The number of methoxy groups -OCH3 is 2. The van der Waals surface area contributed by atoms with E-state index < -0.39 is 11.3 Å². The Labute approximate surface area is 158 Å². The van der Waals surface area contributed by atoms with Gasteiger partial charge in [0, 0.05) is 35.7 Å². The molecule has 0 saturated carbocycles. The van der Waals surface area contributed by atoms with Gasteiger partial charge in [-0.25, -0.2) is 4.21 Å². The first-order valence-corrected chi connectivity index (χ1v) is 8.85. The molecule has 1 aromatic carbocycles. The van der Waals surface area contributed by atoms with Crippen LogP contribution in [0.1, 0.15) is 5.56 Å². The van der Waals surface area contributed by atoms with Crippen LogP contribution >= 0.6 is 0 Å². The van der Waals surface area contributed by atoms with Gasteiger partial charge in [-0.2, -0.15) is 5.26 Å². The molecule has 2 heterocycles. The maximum atomic E-state index is 10.9. The number of nitriles is 1. The van der Waals surface area contributed by atoms with Crippen molar-refractivity contribution in [3.8, 4) is 17.6 Å². The highest BCUT2D eigenvalue weighted by Gasteiger charge is 2.17. The molecule has 1 atom stereocenters. The topological polar surface area (TPSA) is 108 Å². The molecular weight excluding hydrogens is 368 g/mol. The van der Waals surface area contributed by atoms with Gasteiger partial charge in [0.05, 0.1) is 31.0 Å². The van der Waals surface area contributed by atoms with E-state index in [-0.39, 0.29) is 0 Å². The quantitative estimate of drug-likeness (QED) is 0.763. The van der Waals surface area contributed by atoms with Crippen molar-refractivity contribution in [1.82, 2.24) is 9.71 Å². The van der Waals surface area contributed by atoms with Crippen LogP contribution in [0.15, 0.2) is 54.7 Å². The Morgan fingerprint density at radius 2 is 2.00 bits per heavy atom. The van der Waals surface area contributed by atoms with Crippen LogP contribution in [0.3, 0.4) is 0 Å². The van der Waals surface area contributed by atoms with Crippen molar-refractivity contribution in [1.29, 1.82) is 5.26 Å². The Morgan fingerprint density at radius 1 is 1.26 bits per heavy atom. The van der Waals surface area contributed by atoms with Crippen molar-refractivity contribution in [3.05, 3.63) is 60.2 Å². The van der Waals surface area contributed by atoms with Crippen molar-refractivity contribution in [3.63, 3.8) is 0 Å². The summed E-state index contributed by atoms with van der Waals surface area (Å²) >= 11 is -2.18. The zero-order valence-electron chi connectivity index (χ0n) is 14.5. The van der Waals surface area contributed by atoms with E-state index in [9.17, 15) is 9.47 Å². The molecule has 9 heteroatoms. The minimum Gasteiger partial charge on any atom is -0.493 e. The van der Waals surface area contributed by atoms with E-state index in [1.54, 1.807) is 54.8 Å². The number of nitrogens with zero attached hydrogens (tertiary/aromatic N) is 3. The Hall–Kier alpha value is -3.35. The predicted octanol–water partition coefficient (Wildman–Crippen LogP) is 2.58. The van der Waals surface area contributed by atoms with Gasteiger partial charge in [0.1, 0.15) is 6.07 Å². The highest BCUT2D eigenvalue weighted by molar-refractivity contribution is 7.77. The Morgan fingerprint density at radius 3 is 2.67 bits per heavy atom. The fourth-order valence-corrected chi connectivity index (χ4v) is 3.03. The van der Waals surface area contributed by atoms with E-state index in [0.29, 0.717) is 39.3 Å². The van der Waals surface area contributed by atoms with Gasteiger partial charge in [-0.05, 0) is 24.3 Å². The zero-order valence-corrected chi connectivity index (χ0v) is 15.4. The average molecular weight is 384 g/mol. The van der Waals surface area contributed by atoms with Crippen LogP contribution in [0.25, 0.3) is 10.9 Å². The van der Waals surface area contributed by atoms with E-state index >= 15 is 0 Å². The first kappa shape index (κ1) is 18.4. The van der Waals surface area contributed by atoms with Gasteiger partial charge in [0.15, 0.2) is 11.5 Å². The summed E-state index contributed by atoms with van der Waals surface area (Å²) in [6, 6.07) is 5.65. The second-order valence-corrected chi connectivity index (χ2v) is 6.10.